The molecule has 0 bridgehead atoms. The van der Waals surface area contributed by atoms with Gasteiger partial charge in [0, 0.05) is 29.3 Å². The Bertz CT molecular complexity index is 978. The number of nitrogens with two attached hydrogens (primary N) is 1. The number of aromatic nitrogens is 1. The van der Waals surface area contributed by atoms with E-state index in [2.05, 4.69) is 33.6 Å². The molecule has 3 amide bonds. The van der Waals surface area contributed by atoms with E-state index in [4.69, 9.17) is 10.8 Å². The van der Waals surface area contributed by atoms with Gasteiger partial charge in [-0.05, 0) is 18.6 Å². The maximum Gasteiger partial charge on any atom is 0.322 e. The highest BCUT2D eigenvalue weighted by Crippen LogP contribution is 2.19. The number of para-hydroxylation sites is 1. The highest BCUT2D eigenvalue weighted by molar-refractivity contribution is 7.80. The van der Waals surface area contributed by atoms with Crippen LogP contribution in [0.3, 0.4) is 0 Å². The first-order valence-electron chi connectivity index (χ1n) is 9.83. The van der Waals surface area contributed by atoms with Gasteiger partial charge < -0.3 is 36.9 Å². The number of carbonyl (C=O) groups excluding carboxylic acids is 3. The van der Waals surface area contributed by atoms with Gasteiger partial charge in [-0.3, -0.25) is 19.2 Å². The maximum absolute atomic E-state index is 12.8. The first-order chi connectivity index (χ1) is 15.1. The lowest BCUT2D eigenvalue weighted by Crippen LogP contribution is -2.59. The standard InChI is InChI=1S/C20H27N5O6S/c1-10(26)17(25-18(29)13(21)9-32)20(31)24-15(19(30)23-8-16(27)28)6-11-7-22-14-5-3-2-4-12(11)14/h2-5,7,10,13,15,17,22,26,32H,6,8-9,21H2,1H3,(H,23,30)(H,24,31)(H,25,29)(H,27,28). The molecule has 4 unspecified atom stereocenters. The molecular formula is C20H27N5O6S. The second kappa shape index (κ2) is 11.5. The van der Waals surface area contributed by atoms with Gasteiger partial charge in [0.15, 0.2) is 0 Å². The number of aliphatic hydroxyl groups is 1. The first kappa shape index (κ1) is 25.2. The molecule has 1 aromatic carbocycles. The predicted molar refractivity (Wildman–Crippen MR) is 120 cm³/mol. The Balaban J connectivity index is 2.23. The summed E-state index contributed by atoms with van der Waals surface area (Å²) in [4.78, 5) is 51.4. The van der Waals surface area contributed by atoms with Crippen molar-refractivity contribution in [1.29, 1.82) is 0 Å². The molecule has 0 radical (unpaired) electrons. The van der Waals surface area contributed by atoms with Crippen molar-refractivity contribution < 1.29 is 29.4 Å². The van der Waals surface area contributed by atoms with E-state index in [1.54, 1.807) is 6.20 Å². The fourth-order valence-electron chi connectivity index (χ4n) is 3.03. The Morgan fingerprint density at radius 3 is 2.44 bits per heavy atom. The Kier molecular flexibility index (Phi) is 9.05. The molecule has 0 fully saturated rings. The number of benzene rings is 1. The third-order valence-corrected chi connectivity index (χ3v) is 5.14. The number of hydrogen-bond donors (Lipinski definition) is 8. The van der Waals surface area contributed by atoms with Crippen molar-refractivity contribution >= 4 is 47.2 Å². The number of amides is 3. The summed E-state index contributed by atoms with van der Waals surface area (Å²) < 4.78 is 0. The van der Waals surface area contributed by atoms with Gasteiger partial charge in [0.1, 0.15) is 18.6 Å². The van der Waals surface area contributed by atoms with E-state index in [1.807, 2.05) is 24.3 Å². The van der Waals surface area contributed by atoms with Crippen molar-refractivity contribution in [2.75, 3.05) is 12.3 Å². The fourth-order valence-corrected chi connectivity index (χ4v) is 3.19. The topological polar surface area (TPSA) is 187 Å². The van der Waals surface area contributed by atoms with Gasteiger partial charge in [0.2, 0.25) is 17.7 Å². The molecule has 0 aliphatic carbocycles. The summed E-state index contributed by atoms with van der Waals surface area (Å²) in [5, 5.41) is 26.8. The largest absolute Gasteiger partial charge is 0.480 e. The summed E-state index contributed by atoms with van der Waals surface area (Å²) >= 11 is 3.93. The van der Waals surface area contributed by atoms with Gasteiger partial charge in [-0.1, -0.05) is 18.2 Å². The number of carboxylic acids is 1. The number of aliphatic carboxylic acids is 1. The molecule has 12 heteroatoms. The van der Waals surface area contributed by atoms with Gasteiger partial charge in [-0.25, -0.2) is 0 Å². The van der Waals surface area contributed by atoms with Crippen LogP contribution >= 0.6 is 12.6 Å². The molecular weight excluding hydrogens is 438 g/mol. The molecule has 32 heavy (non-hydrogen) atoms. The number of carboxylic acid groups (broad SMARTS) is 1. The van der Waals surface area contributed by atoms with Crippen molar-refractivity contribution in [2.45, 2.75) is 37.6 Å². The molecule has 4 atom stereocenters. The maximum atomic E-state index is 12.8. The lowest BCUT2D eigenvalue weighted by atomic mass is 10.0. The number of rotatable bonds is 11. The van der Waals surface area contributed by atoms with Crippen molar-refractivity contribution in [1.82, 2.24) is 20.9 Å². The highest BCUT2D eigenvalue weighted by Gasteiger charge is 2.31. The quantitative estimate of drug-likeness (QED) is 0.186. The minimum atomic E-state index is -1.38. The van der Waals surface area contributed by atoms with Gasteiger partial charge in [-0.2, -0.15) is 12.6 Å². The molecule has 0 aliphatic heterocycles. The van der Waals surface area contributed by atoms with E-state index in [1.165, 1.54) is 6.92 Å². The molecule has 8 N–H and O–H groups in total. The number of hydrogen-bond acceptors (Lipinski definition) is 7. The van der Waals surface area contributed by atoms with Crippen LogP contribution in [-0.4, -0.2) is 75.4 Å². The zero-order chi connectivity index (χ0) is 23.8. The average molecular weight is 466 g/mol. The van der Waals surface area contributed by atoms with Crippen LogP contribution in [0.1, 0.15) is 12.5 Å². The Morgan fingerprint density at radius 1 is 1.12 bits per heavy atom. The van der Waals surface area contributed by atoms with Gasteiger partial charge in [0.25, 0.3) is 0 Å². The lowest BCUT2D eigenvalue weighted by Gasteiger charge is -2.25. The van der Waals surface area contributed by atoms with Crippen molar-refractivity contribution in [2.24, 2.45) is 5.73 Å². The van der Waals surface area contributed by atoms with Crippen LogP contribution in [0.4, 0.5) is 0 Å². The van der Waals surface area contributed by atoms with E-state index >= 15 is 0 Å². The zero-order valence-electron chi connectivity index (χ0n) is 17.4. The summed E-state index contributed by atoms with van der Waals surface area (Å²) in [6, 6.07) is 3.80. The number of aliphatic hydroxyl groups excluding tert-OH is 1. The van der Waals surface area contributed by atoms with Crippen LogP contribution in [-0.2, 0) is 25.6 Å². The summed E-state index contributed by atoms with van der Waals surface area (Å²) in [6.07, 6.45) is 0.438. The van der Waals surface area contributed by atoms with E-state index in [0.29, 0.717) is 5.56 Å². The van der Waals surface area contributed by atoms with Gasteiger partial charge in [-0.15, -0.1) is 0 Å². The molecule has 11 nitrogen and oxygen atoms in total. The third kappa shape index (κ3) is 6.70. The number of fused-ring (bicyclic) bond motifs is 1. The molecule has 0 spiro atoms. The molecule has 2 aromatic rings. The summed E-state index contributed by atoms with van der Waals surface area (Å²) in [5.41, 5.74) is 7.14. The monoisotopic (exact) mass is 465 g/mol. The zero-order valence-corrected chi connectivity index (χ0v) is 18.3. The molecule has 2 rings (SSSR count). The number of carbonyl (C=O) groups is 4. The predicted octanol–water partition coefficient (Wildman–Crippen LogP) is -1.48. The Labute approximate surface area is 189 Å². The van der Waals surface area contributed by atoms with Crippen LogP contribution in [0.15, 0.2) is 30.5 Å². The second-order valence-electron chi connectivity index (χ2n) is 7.25. The van der Waals surface area contributed by atoms with E-state index in [0.717, 1.165) is 10.9 Å². The summed E-state index contributed by atoms with van der Waals surface area (Å²) in [7, 11) is 0. The third-order valence-electron chi connectivity index (χ3n) is 4.74. The number of thiol groups is 1. The van der Waals surface area contributed by atoms with Crippen LogP contribution < -0.4 is 21.7 Å². The first-order valence-corrected chi connectivity index (χ1v) is 10.5. The van der Waals surface area contributed by atoms with Gasteiger partial charge >= 0.3 is 5.97 Å². The average Bonchev–Trinajstić information content (AvgIpc) is 3.16. The molecule has 0 saturated carbocycles. The van der Waals surface area contributed by atoms with Crippen LogP contribution in [0.5, 0.6) is 0 Å². The Hall–Kier alpha value is -3.09. The minimum absolute atomic E-state index is 0.0285. The summed E-state index contributed by atoms with van der Waals surface area (Å²) in [5.74, 6) is -3.46. The van der Waals surface area contributed by atoms with Crippen molar-refractivity contribution in [3.8, 4) is 0 Å². The number of H-pyrrole nitrogens is 1. The van der Waals surface area contributed by atoms with E-state index in [9.17, 15) is 24.3 Å². The van der Waals surface area contributed by atoms with Crippen LogP contribution in [0.25, 0.3) is 10.9 Å². The van der Waals surface area contributed by atoms with Crippen LogP contribution in [0.2, 0.25) is 0 Å². The molecule has 1 heterocycles. The molecule has 1 aromatic heterocycles. The van der Waals surface area contributed by atoms with Crippen molar-refractivity contribution in [3.63, 3.8) is 0 Å². The minimum Gasteiger partial charge on any atom is -0.480 e. The van der Waals surface area contributed by atoms with Crippen LogP contribution in [0, 0.1) is 0 Å². The molecule has 174 valence electrons. The Morgan fingerprint density at radius 2 is 1.81 bits per heavy atom. The molecule has 0 saturated heterocycles. The normalized spacial score (nSPS) is 14.8. The highest BCUT2D eigenvalue weighted by atomic mass is 32.1. The fraction of sp³-hybridized carbons (Fsp3) is 0.400. The smallest absolute Gasteiger partial charge is 0.322 e. The number of aromatic amines is 1. The molecule has 0 aliphatic rings. The van der Waals surface area contributed by atoms with E-state index < -0.39 is 54.5 Å². The summed E-state index contributed by atoms with van der Waals surface area (Å²) in [6.45, 7) is 0.669. The van der Waals surface area contributed by atoms with E-state index in [-0.39, 0.29) is 12.2 Å². The lowest BCUT2D eigenvalue weighted by molar-refractivity contribution is -0.138. The number of nitrogens with one attached hydrogen (secondary N) is 4. The second-order valence-corrected chi connectivity index (χ2v) is 7.62. The van der Waals surface area contributed by atoms with Crippen molar-refractivity contribution in [3.05, 3.63) is 36.0 Å². The van der Waals surface area contributed by atoms with Gasteiger partial charge in [0.05, 0.1) is 12.1 Å². The SMILES string of the molecule is CC(O)C(NC(=O)C(N)CS)C(=O)NC(Cc1c[nH]c2ccccc12)C(=O)NCC(=O)O.